The number of ether oxygens (including phenoxy) is 1. The lowest BCUT2D eigenvalue weighted by molar-refractivity contribution is 0.00158. The Labute approximate surface area is 168 Å². The number of carbonyl (C=O) groups is 1. The summed E-state index contributed by atoms with van der Waals surface area (Å²) in [5.74, 6) is 1.09. The van der Waals surface area contributed by atoms with Gasteiger partial charge in [-0.1, -0.05) is 0 Å². The topological polar surface area (TPSA) is 52.2 Å². The zero-order chi connectivity index (χ0) is 19.5. The molecule has 7 nitrogen and oxygen atoms in total. The molecule has 0 saturated carbocycles. The number of rotatable bonds is 3. The van der Waals surface area contributed by atoms with Crippen molar-refractivity contribution in [3.63, 3.8) is 0 Å². The van der Waals surface area contributed by atoms with E-state index in [1.165, 1.54) is 0 Å². The van der Waals surface area contributed by atoms with Crippen molar-refractivity contribution in [3.8, 4) is 0 Å². The lowest BCUT2D eigenvalue weighted by atomic mass is 10.0. The first-order valence-electron chi connectivity index (χ1n) is 10.6. The smallest absolute Gasteiger partial charge is 0.255 e. The number of hydrogen-bond acceptors (Lipinski definition) is 6. The Kier molecular flexibility index (Phi) is 6.13. The van der Waals surface area contributed by atoms with Crippen molar-refractivity contribution in [2.45, 2.75) is 31.8 Å². The minimum absolute atomic E-state index is 0.117. The lowest BCUT2D eigenvalue weighted by Gasteiger charge is -2.40. The summed E-state index contributed by atoms with van der Waals surface area (Å²) in [5, 5.41) is 0. The zero-order valence-corrected chi connectivity index (χ0v) is 17.2. The first-order chi connectivity index (χ1) is 13.6. The molecule has 1 atom stereocenters. The van der Waals surface area contributed by atoms with Crippen LogP contribution in [-0.4, -0.2) is 104 Å². The van der Waals surface area contributed by atoms with Crippen LogP contribution in [0.5, 0.6) is 0 Å². The maximum Gasteiger partial charge on any atom is 0.255 e. The summed E-state index contributed by atoms with van der Waals surface area (Å²) in [6, 6.07) is 5.06. The largest absolute Gasteiger partial charge is 0.379 e. The van der Waals surface area contributed by atoms with Crippen molar-refractivity contribution < 1.29 is 9.53 Å². The summed E-state index contributed by atoms with van der Waals surface area (Å²) < 4.78 is 5.45. The molecule has 3 saturated heterocycles. The fourth-order valence-electron chi connectivity index (χ4n) is 4.52. The number of pyridine rings is 1. The molecule has 0 bridgehead atoms. The molecule has 1 aromatic rings. The van der Waals surface area contributed by atoms with Gasteiger partial charge in [0.15, 0.2) is 0 Å². The standard InChI is InChI=1S/C21H33N5O2/c1-17-16-26(10-9-23(17)2)20-4-3-18(15-22-20)21(27)25-7-5-19(6-8-25)24-11-13-28-14-12-24/h3-4,15,17,19H,5-14,16H2,1-2H3/t17-/m0/s1. The molecule has 0 spiro atoms. The van der Waals surface area contributed by atoms with Crippen molar-refractivity contribution in [3.05, 3.63) is 23.9 Å². The molecule has 0 radical (unpaired) electrons. The Morgan fingerprint density at radius 2 is 1.82 bits per heavy atom. The van der Waals surface area contributed by atoms with Crippen LogP contribution in [-0.2, 0) is 4.74 Å². The van der Waals surface area contributed by atoms with Crippen LogP contribution in [0.4, 0.5) is 5.82 Å². The molecule has 0 aliphatic carbocycles. The second-order valence-electron chi connectivity index (χ2n) is 8.35. The highest BCUT2D eigenvalue weighted by Crippen LogP contribution is 2.21. The number of aromatic nitrogens is 1. The molecule has 0 N–H and O–H groups in total. The molecule has 1 amide bonds. The molecule has 4 heterocycles. The number of hydrogen-bond donors (Lipinski definition) is 0. The molecule has 28 heavy (non-hydrogen) atoms. The second-order valence-corrected chi connectivity index (χ2v) is 8.35. The van der Waals surface area contributed by atoms with Crippen molar-refractivity contribution in [2.24, 2.45) is 0 Å². The average Bonchev–Trinajstić information content (AvgIpc) is 2.76. The molecule has 154 valence electrons. The SMILES string of the molecule is C[C@H]1CN(c2ccc(C(=O)N3CCC(N4CCOCC4)CC3)cn2)CCN1C. The second kappa shape index (κ2) is 8.76. The van der Waals surface area contributed by atoms with Gasteiger partial charge in [0.05, 0.1) is 18.8 Å². The van der Waals surface area contributed by atoms with E-state index in [1.54, 1.807) is 6.20 Å². The van der Waals surface area contributed by atoms with Crippen molar-refractivity contribution in [2.75, 3.05) is 71.0 Å². The van der Waals surface area contributed by atoms with Crippen LogP contribution in [0, 0.1) is 0 Å². The number of carbonyl (C=O) groups excluding carboxylic acids is 1. The van der Waals surface area contributed by atoms with Crippen molar-refractivity contribution >= 4 is 11.7 Å². The van der Waals surface area contributed by atoms with E-state index in [1.807, 2.05) is 17.0 Å². The van der Waals surface area contributed by atoms with E-state index >= 15 is 0 Å². The summed E-state index contributed by atoms with van der Waals surface area (Å²) in [7, 11) is 2.17. The molecule has 1 aromatic heterocycles. The van der Waals surface area contributed by atoms with E-state index in [4.69, 9.17) is 4.74 Å². The third-order valence-corrected chi connectivity index (χ3v) is 6.59. The summed E-state index contributed by atoms with van der Waals surface area (Å²) >= 11 is 0. The highest BCUT2D eigenvalue weighted by Gasteiger charge is 2.28. The number of anilines is 1. The van der Waals surface area contributed by atoms with Crippen molar-refractivity contribution in [1.29, 1.82) is 0 Å². The average molecular weight is 388 g/mol. The first-order valence-corrected chi connectivity index (χ1v) is 10.6. The Morgan fingerprint density at radius 1 is 1.07 bits per heavy atom. The summed E-state index contributed by atoms with van der Waals surface area (Å²) in [5.41, 5.74) is 0.704. The van der Waals surface area contributed by atoms with Gasteiger partial charge < -0.3 is 19.4 Å². The highest BCUT2D eigenvalue weighted by molar-refractivity contribution is 5.94. The molecule has 4 rings (SSSR count). The highest BCUT2D eigenvalue weighted by atomic mass is 16.5. The monoisotopic (exact) mass is 387 g/mol. The van der Waals surface area contributed by atoms with Gasteiger partial charge in [0.2, 0.25) is 0 Å². The van der Waals surface area contributed by atoms with Crippen LogP contribution in [0.25, 0.3) is 0 Å². The van der Waals surface area contributed by atoms with Crippen LogP contribution in [0.3, 0.4) is 0 Å². The van der Waals surface area contributed by atoms with Gasteiger partial charge in [0.1, 0.15) is 5.82 Å². The molecule has 3 fully saturated rings. The molecular formula is C21H33N5O2. The molecule has 0 aromatic carbocycles. The zero-order valence-electron chi connectivity index (χ0n) is 17.2. The molecule has 3 aliphatic rings. The fourth-order valence-corrected chi connectivity index (χ4v) is 4.52. The number of piperidine rings is 1. The van der Waals surface area contributed by atoms with E-state index in [9.17, 15) is 4.79 Å². The summed E-state index contributed by atoms with van der Waals surface area (Å²) in [6.07, 6.45) is 3.86. The number of amides is 1. The maximum atomic E-state index is 12.9. The van der Waals surface area contributed by atoms with Gasteiger partial charge in [0.25, 0.3) is 5.91 Å². The van der Waals surface area contributed by atoms with Gasteiger partial charge in [-0.2, -0.15) is 0 Å². The van der Waals surface area contributed by atoms with Gasteiger partial charge in [-0.25, -0.2) is 4.98 Å². The third kappa shape index (κ3) is 4.31. The Bertz CT molecular complexity index is 653. The molecule has 3 aliphatic heterocycles. The quantitative estimate of drug-likeness (QED) is 0.776. The predicted molar refractivity (Wildman–Crippen MR) is 110 cm³/mol. The number of morpholine rings is 1. The molecule has 0 unspecified atom stereocenters. The lowest BCUT2D eigenvalue weighted by Crippen LogP contribution is -2.50. The Morgan fingerprint density at radius 3 is 2.46 bits per heavy atom. The maximum absolute atomic E-state index is 12.9. The number of nitrogens with zero attached hydrogens (tertiary/aromatic N) is 5. The summed E-state index contributed by atoms with van der Waals surface area (Å²) in [6.45, 7) is 10.6. The van der Waals surface area contributed by atoms with Gasteiger partial charge >= 0.3 is 0 Å². The minimum atomic E-state index is 0.117. The van der Waals surface area contributed by atoms with Crippen LogP contribution in [0.1, 0.15) is 30.1 Å². The van der Waals surface area contributed by atoms with E-state index in [0.717, 1.165) is 77.7 Å². The van der Waals surface area contributed by atoms with E-state index < -0.39 is 0 Å². The van der Waals surface area contributed by atoms with Crippen LogP contribution < -0.4 is 4.90 Å². The Balaban J connectivity index is 1.31. The Hall–Kier alpha value is -1.70. The van der Waals surface area contributed by atoms with Gasteiger partial charge in [-0.15, -0.1) is 0 Å². The van der Waals surface area contributed by atoms with Crippen LogP contribution in [0.15, 0.2) is 18.3 Å². The fraction of sp³-hybridized carbons (Fsp3) is 0.714. The van der Waals surface area contributed by atoms with Crippen LogP contribution in [0.2, 0.25) is 0 Å². The van der Waals surface area contributed by atoms with E-state index in [0.29, 0.717) is 17.6 Å². The molecular weight excluding hydrogens is 354 g/mol. The van der Waals surface area contributed by atoms with Gasteiger partial charge in [-0.3, -0.25) is 9.69 Å². The van der Waals surface area contributed by atoms with E-state index in [-0.39, 0.29) is 5.91 Å². The summed E-state index contributed by atoms with van der Waals surface area (Å²) in [4.78, 5) is 26.7. The van der Waals surface area contributed by atoms with E-state index in [2.05, 4.69) is 33.7 Å². The first kappa shape index (κ1) is 19.6. The normalized spacial score (nSPS) is 25.9. The molecule has 7 heteroatoms. The van der Waals surface area contributed by atoms with Gasteiger partial charge in [-0.05, 0) is 38.9 Å². The number of likely N-dealkylation sites (tertiary alicyclic amines) is 1. The van der Waals surface area contributed by atoms with Crippen LogP contribution >= 0.6 is 0 Å². The predicted octanol–water partition coefficient (Wildman–Crippen LogP) is 1.16. The van der Waals surface area contributed by atoms with Gasteiger partial charge in [0, 0.05) is 64.1 Å². The van der Waals surface area contributed by atoms with Crippen molar-refractivity contribution in [1.82, 2.24) is 19.7 Å². The third-order valence-electron chi connectivity index (χ3n) is 6.59. The minimum Gasteiger partial charge on any atom is -0.379 e. The number of piperazine rings is 1. The number of likely N-dealkylation sites (N-methyl/N-ethyl adjacent to an activating group) is 1.